The molecule has 1 amide bonds. The molecule has 0 aliphatic heterocycles. The molecule has 4 heteroatoms. The van der Waals surface area contributed by atoms with E-state index in [-0.39, 0.29) is 12.6 Å². The van der Waals surface area contributed by atoms with Gasteiger partial charge in [-0.2, -0.15) is 0 Å². The van der Waals surface area contributed by atoms with Gasteiger partial charge in [0.15, 0.2) is 0 Å². The van der Waals surface area contributed by atoms with Crippen LogP contribution in [0.25, 0.3) is 11.1 Å². The number of benzene rings is 2. The second-order valence-electron chi connectivity index (χ2n) is 5.16. The summed E-state index contributed by atoms with van der Waals surface area (Å²) >= 11 is 0. The molecule has 0 atom stereocenters. The molecule has 4 nitrogen and oxygen atoms in total. The third-order valence-corrected chi connectivity index (χ3v) is 3.07. The number of amides is 1. The quantitative estimate of drug-likeness (QED) is 0.697. The highest BCUT2D eigenvalue weighted by Gasteiger charge is 2.16. The van der Waals surface area contributed by atoms with Crippen molar-refractivity contribution in [3.8, 4) is 11.1 Å². The van der Waals surface area contributed by atoms with Crippen LogP contribution in [-0.4, -0.2) is 18.0 Å². The molecule has 0 aliphatic carbocycles. The lowest BCUT2D eigenvalue weighted by Gasteiger charge is -2.11. The van der Waals surface area contributed by atoms with Gasteiger partial charge in [-0.25, -0.2) is 4.79 Å². The summed E-state index contributed by atoms with van der Waals surface area (Å²) in [5, 5.41) is 2.60. The van der Waals surface area contributed by atoms with E-state index in [4.69, 9.17) is 4.74 Å². The first-order valence-electron chi connectivity index (χ1n) is 7.20. The van der Waals surface area contributed by atoms with Crippen molar-refractivity contribution in [1.82, 2.24) is 5.32 Å². The minimum Gasteiger partial charge on any atom is -0.456 e. The van der Waals surface area contributed by atoms with E-state index in [0.29, 0.717) is 0 Å². The van der Waals surface area contributed by atoms with Crippen LogP contribution in [0.5, 0.6) is 0 Å². The van der Waals surface area contributed by atoms with E-state index in [1.807, 2.05) is 54.6 Å². The molecule has 114 valence electrons. The van der Waals surface area contributed by atoms with E-state index >= 15 is 0 Å². The number of carbonyl (C=O) groups excluding carboxylic acids is 2. The van der Waals surface area contributed by atoms with Crippen molar-refractivity contribution in [2.75, 3.05) is 0 Å². The molecule has 0 fully saturated rings. The Kier molecular flexibility index (Phi) is 5.31. The summed E-state index contributed by atoms with van der Waals surface area (Å²) in [6.45, 7) is 3.68. The molecule has 0 bridgehead atoms. The van der Waals surface area contributed by atoms with Crippen LogP contribution >= 0.6 is 0 Å². The van der Waals surface area contributed by atoms with Crippen molar-refractivity contribution in [3.63, 3.8) is 0 Å². The molecule has 0 aliphatic rings. The summed E-state index contributed by atoms with van der Waals surface area (Å²) in [5.41, 5.74) is 3.04. The minimum absolute atomic E-state index is 0.275. The third-order valence-electron chi connectivity index (χ3n) is 3.07. The van der Waals surface area contributed by atoms with Gasteiger partial charge in [-0.3, -0.25) is 4.79 Å². The van der Waals surface area contributed by atoms with E-state index in [9.17, 15) is 9.59 Å². The molecule has 2 aromatic rings. The highest BCUT2D eigenvalue weighted by Crippen LogP contribution is 2.23. The van der Waals surface area contributed by atoms with Crippen LogP contribution in [0.1, 0.15) is 19.4 Å². The van der Waals surface area contributed by atoms with Gasteiger partial charge < -0.3 is 10.1 Å². The van der Waals surface area contributed by atoms with Gasteiger partial charge in [0.2, 0.25) is 0 Å². The van der Waals surface area contributed by atoms with Gasteiger partial charge in [0.1, 0.15) is 0 Å². The fourth-order valence-electron chi connectivity index (χ4n) is 2.09. The number of rotatable bonds is 4. The Hall–Kier alpha value is -2.62. The normalized spacial score (nSPS) is 10.3. The number of hydrogen-bond acceptors (Lipinski definition) is 3. The van der Waals surface area contributed by atoms with Gasteiger partial charge in [-0.15, -0.1) is 0 Å². The summed E-state index contributed by atoms with van der Waals surface area (Å²) in [6.07, 6.45) is -0.310. The van der Waals surface area contributed by atoms with Crippen LogP contribution in [0, 0.1) is 0 Å². The third kappa shape index (κ3) is 4.19. The van der Waals surface area contributed by atoms with Gasteiger partial charge >= 0.3 is 11.9 Å². The van der Waals surface area contributed by atoms with E-state index in [1.54, 1.807) is 13.8 Å². The van der Waals surface area contributed by atoms with Crippen molar-refractivity contribution in [2.45, 2.75) is 26.5 Å². The maximum absolute atomic E-state index is 11.7. The number of ether oxygens (including phenoxy) is 1. The lowest BCUT2D eigenvalue weighted by molar-refractivity contribution is -0.157. The molecule has 22 heavy (non-hydrogen) atoms. The standard InChI is InChI=1S/C18H19NO3/c1-13(2)22-18(21)17(20)19-12-15-10-6-7-11-16(15)14-8-4-3-5-9-14/h3-11,13H,12H2,1-2H3,(H,19,20). The van der Waals surface area contributed by atoms with Crippen molar-refractivity contribution in [1.29, 1.82) is 0 Å². The molecule has 0 heterocycles. The molecule has 0 aromatic heterocycles. The predicted octanol–water partition coefficient (Wildman–Crippen LogP) is 2.92. The molecule has 2 aromatic carbocycles. The van der Waals surface area contributed by atoms with E-state index in [0.717, 1.165) is 16.7 Å². The van der Waals surface area contributed by atoms with Gasteiger partial charge in [0.25, 0.3) is 0 Å². The van der Waals surface area contributed by atoms with E-state index < -0.39 is 11.9 Å². The van der Waals surface area contributed by atoms with Gasteiger partial charge in [0, 0.05) is 6.54 Å². The average Bonchev–Trinajstić information content (AvgIpc) is 2.53. The number of esters is 1. The first-order valence-corrected chi connectivity index (χ1v) is 7.20. The highest BCUT2D eigenvalue weighted by molar-refractivity contribution is 6.32. The molecule has 0 unspecified atom stereocenters. The Morgan fingerprint density at radius 3 is 2.32 bits per heavy atom. The molecular formula is C18H19NO3. The summed E-state index contributed by atoms with van der Waals surface area (Å²) in [7, 11) is 0. The molecule has 2 rings (SSSR count). The van der Waals surface area contributed by atoms with E-state index in [2.05, 4.69) is 5.32 Å². The fraction of sp³-hybridized carbons (Fsp3) is 0.222. The Bertz CT molecular complexity index is 650. The van der Waals surface area contributed by atoms with E-state index in [1.165, 1.54) is 0 Å². The minimum atomic E-state index is -0.854. The van der Waals surface area contributed by atoms with Crippen LogP contribution in [0.2, 0.25) is 0 Å². The van der Waals surface area contributed by atoms with Crippen LogP contribution in [0.4, 0.5) is 0 Å². The monoisotopic (exact) mass is 297 g/mol. The highest BCUT2D eigenvalue weighted by atomic mass is 16.5. The first-order chi connectivity index (χ1) is 10.6. The molecule has 0 saturated heterocycles. The fourth-order valence-corrected chi connectivity index (χ4v) is 2.09. The Labute approximate surface area is 130 Å². The second-order valence-corrected chi connectivity index (χ2v) is 5.16. The van der Waals surface area contributed by atoms with Crippen molar-refractivity contribution in [3.05, 3.63) is 60.2 Å². The number of nitrogens with one attached hydrogen (secondary N) is 1. The summed E-state index contributed by atoms with van der Waals surface area (Å²) in [5.74, 6) is -1.58. The van der Waals surface area contributed by atoms with Crippen LogP contribution < -0.4 is 5.32 Å². The maximum atomic E-state index is 11.7. The van der Waals surface area contributed by atoms with Crippen LogP contribution in [0.15, 0.2) is 54.6 Å². The van der Waals surface area contributed by atoms with Gasteiger partial charge in [0.05, 0.1) is 6.10 Å². The number of carbonyl (C=O) groups is 2. The topological polar surface area (TPSA) is 55.4 Å². The molecule has 0 saturated carbocycles. The molecule has 0 radical (unpaired) electrons. The Morgan fingerprint density at radius 1 is 1.00 bits per heavy atom. The predicted molar refractivity (Wildman–Crippen MR) is 85.0 cm³/mol. The molecule has 0 spiro atoms. The van der Waals surface area contributed by atoms with Crippen LogP contribution in [-0.2, 0) is 20.9 Å². The zero-order valence-electron chi connectivity index (χ0n) is 12.7. The Balaban J connectivity index is 2.08. The van der Waals surface area contributed by atoms with Crippen molar-refractivity contribution in [2.24, 2.45) is 0 Å². The van der Waals surface area contributed by atoms with Crippen LogP contribution in [0.3, 0.4) is 0 Å². The largest absolute Gasteiger partial charge is 0.456 e. The average molecular weight is 297 g/mol. The molecule has 1 N–H and O–H groups in total. The zero-order valence-corrected chi connectivity index (χ0v) is 12.7. The summed E-state index contributed by atoms with van der Waals surface area (Å²) < 4.78 is 4.86. The van der Waals surface area contributed by atoms with Crippen molar-refractivity contribution < 1.29 is 14.3 Å². The maximum Gasteiger partial charge on any atom is 0.397 e. The molecular weight excluding hydrogens is 278 g/mol. The summed E-state index contributed by atoms with van der Waals surface area (Å²) in [6, 6.07) is 17.7. The summed E-state index contributed by atoms with van der Waals surface area (Å²) in [4.78, 5) is 23.2. The first kappa shape index (κ1) is 15.8. The SMILES string of the molecule is CC(C)OC(=O)C(=O)NCc1ccccc1-c1ccccc1. The lowest BCUT2D eigenvalue weighted by Crippen LogP contribution is -2.33. The smallest absolute Gasteiger partial charge is 0.397 e. The lowest BCUT2D eigenvalue weighted by atomic mass is 10.00. The second kappa shape index (κ2) is 7.41. The number of hydrogen-bond donors (Lipinski definition) is 1. The zero-order chi connectivity index (χ0) is 15.9. The van der Waals surface area contributed by atoms with Crippen molar-refractivity contribution >= 4 is 11.9 Å². The van der Waals surface area contributed by atoms with Gasteiger partial charge in [-0.05, 0) is 30.5 Å². The van der Waals surface area contributed by atoms with Gasteiger partial charge in [-0.1, -0.05) is 54.6 Å². The Morgan fingerprint density at radius 2 is 1.64 bits per heavy atom.